The Labute approximate surface area is 170 Å². The summed E-state index contributed by atoms with van der Waals surface area (Å²) < 4.78 is 10.4. The molecule has 1 unspecified atom stereocenters. The standard InChI is InChI=1S/C23H27NO5/c1-2-28-22(26)19-14-18(19)21(25)20(13-16-9-5-3-6-10-16)24-23(27)29-15-17-11-7-4-8-12-17/h3-12,18-21,25H,2,13-15H2,1H3,(H,24,27)/t18-,19-,20-,21?/m0/s1. The van der Waals surface area contributed by atoms with E-state index in [1.165, 1.54) is 0 Å². The van der Waals surface area contributed by atoms with Crippen LogP contribution in [0, 0.1) is 11.8 Å². The van der Waals surface area contributed by atoms with Crippen LogP contribution in [0.5, 0.6) is 0 Å². The van der Waals surface area contributed by atoms with Crippen LogP contribution in [-0.2, 0) is 27.3 Å². The molecule has 1 saturated carbocycles. The molecule has 154 valence electrons. The highest BCUT2D eigenvalue weighted by Gasteiger charge is 2.50. The van der Waals surface area contributed by atoms with Gasteiger partial charge in [0.1, 0.15) is 6.61 Å². The minimum absolute atomic E-state index is 0.149. The van der Waals surface area contributed by atoms with Crippen LogP contribution in [0.25, 0.3) is 0 Å². The number of amides is 1. The lowest BCUT2D eigenvalue weighted by atomic mass is 9.97. The van der Waals surface area contributed by atoms with Crippen LogP contribution in [0.4, 0.5) is 4.79 Å². The molecule has 1 aliphatic carbocycles. The second-order valence-electron chi connectivity index (χ2n) is 7.25. The Bertz CT molecular complexity index is 795. The zero-order valence-electron chi connectivity index (χ0n) is 16.5. The number of ether oxygens (including phenoxy) is 2. The molecule has 0 spiro atoms. The van der Waals surface area contributed by atoms with Crippen LogP contribution in [0.1, 0.15) is 24.5 Å². The summed E-state index contributed by atoms with van der Waals surface area (Å²) in [5.41, 5.74) is 1.86. The Morgan fingerprint density at radius 2 is 1.66 bits per heavy atom. The average molecular weight is 397 g/mol. The van der Waals surface area contributed by atoms with E-state index in [0.29, 0.717) is 19.4 Å². The van der Waals surface area contributed by atoms with Crippen molar-refractivity contribution in [2.24, 2.45) is 11.8 Å². The SMILES string of the molecule is CCOC(=O)[C@H]1C[C@@H]1C(O)[C@H](Cc1ccccc1)NC(=O)OCc1ccccc1. The molecule has 0 aromatic heterocycles. The molecule has 0 aliphatic heterocycles. The van der Waals surface area contributed by atoms with Crippen LogP contribution < -0.4 is 5.32 Å². The lowest BCUT2D eigenvalue weighted by Crippen LogP contribution is -2.46. The van der Waals surface area contributed by atoms with E-state index in [1.54, 1.807) is 6.92 Å². The number of esters is 1. The van der Waals surface area contributed by atoms with Gasteiger partial charge in [0.15, 0.2) is 0 Å². The van der Waals surface area contributed by atoms with Crippen molar-refractivity contribution in [3.63, 3.8) is 0 Å². The summed E-state index contributed by atoms with van der Waals surface area (Å²) in [4.78, 5) is 24.3. The summed E-state index contributed by atoms with van der Waals surface area (Å²) in [6.45, 7) is 2.22. The van der Waals surface area contributed by atoms with E-state index in [-0.39, 0.29) is 24.4 Å². The third-order valence-corrected chi connectivity index (χ3v) is 5.09. The Hall–Kier alpha value is -2.86. The van der Waals surface area contributed by atoms with Crippen LogP contribution >= 0.6 is 0 Å². The Morgan fingerprint density at radius 3 is 2.28 bits per heavy atom. The highest BCUT2D eigenvalue weighted by molar-refractivity contribution is 5.76. The van der Waals surface area contributed by atoms with Crippen LogP contribution in [-0.4, -0.2) is 35.9 Å². The van der Waals surface area contributed by atoms with E-state index in [0.717, 1.165) is 11.1 Å². The number of aliphatic hydroxyl groups excluding tert-OH is 1. The highest BCUT2D eigenvalue weighted by Crippen LogP contribution is 2.43. The molecule has 6 nitrogen and oxygen atoms in total. The van der Waals surface area contributed by atoms with E-state index in [4.69, 9.17) is 9.47 Å². The summed E-state index contributed by atoms with van der Waals surface area (Å²) in [5, 5.41) is 13.6. The number of hydrogen-bond donors (Lipinski definition) is 2. The van der Waals surface area contributed by atoms with Crippen LogP contribution in [0.15, 0.2) is 60.7 Å². The van der Waals surface area contributed by atoms with Gasteiger partial charge in [-0.05, 0) is 30.9 Å². The second-order valence-corrected chi connectivity index (χ2v) is 7.25. The predicted molar refractivity (Wildman–Crippen MR) is 108 cm³/mol. The van der Waals surface area contributed by atoms with Crippen molar-refractivity contribution in [1.29, 1.82) is 0 Å². The Balaban J connectivity index is 1.61. The van der Waals surface area contributed by atoms with Gasteiger partial charge in [-0.2, -0.15) is 0 Å². The maximum absolute atomic E-state index is 12.3. The molecule has 6 heteroatoms. The number of benzene rings is 2. The maximum atomic E-state index is 12.3. The fourth-order valence-electron chi connectivity index (χ4n) is 3.45. The molecule has 0 bridgehead atoms. The Morgan fingerprint density at radius 1 is 1.03 bits per heavy atom. The lowest BCUT2D eigenvalue weighted by Gasteiger charge is -2.24. The second kappa shape index (κ2) is 10.1. The van der Waals surface area contributed by atoms with E-state index < -0.39 is 18.2 Å². The van der Waals surface area contributed by atoms with Crippen molar-refractivity contribution in [1.82, 2.24) is 5.32 Å². The molecule has 0 radical (unpaired) electrons. The zero-order chi connectivity index (χ0) is 20.6. The van der Waals surface area contributed by atoms with Crippen molar-refractivity contribution >= 4 is 12.1 Å². The van der Waals surface area contributed by atoms with Gasteiger partial charge in [-0.25, -0.2) is 4.79 Å². The highest BCUT2D eigenvalue weighted by atomic mass is 16.5. The number of aliphatic hydroxyl groups is 1. The fraction of sp³-hybridized carbons (Fsp3) is 0.391. The van der Waals surface area contributed by atoms with Gasteiger partial charge in [0.05, 0.1) is 24.7 Å². The first-order chi connectivity index (χ1) is 14.1. The molecule has 4 atom stereocenters. The van der Waals surface area contributed by atoms with Crippen LogP contribution in [0.2, 0.25) is 0 Å². The maximum Gasteiger partial charge on any atom is 0.407 e. The minimum atomic E-state index is -0.867. The van der Waals surface area contributed by atoms with E-state index in [2.05, 4.69) is 5.32 Å². The molecule has 1 fully saturated rings. The lowest BCUT2D eigenvalue weighted by molar-refractivity contribution is -0.145. The van der Waals surface area contributed by atoms with E-state index >= 15 is 0 Å². The molecule has 29 heavy (non-hydrogen) atoms. The first-order valence-corrected chi connectivity index (χ1v) is 9.94. The van der Waals surface area contributed by atoms with Crippen LogP contribution in [0.3, 0.4) is 0 Å². The van der Waals surface area contributed by atoms with Crippen molar-refractivity contribution < 1.29 is 24.2 Å². The van der Waals surface area contributed by atoms with E-state index in [9.17, 15) is 14.7 Å². The monoisotopic (exact) mass is 397 g/mol. The van der Waals surface area contributed by atoms with Gasteiger partial charge < -0.3 is 19.9 Å². The fourth-order valence-corrected chi connectivity index (χ4v) is 3.45. The first kappa shape index (κ1) is 20.9. The summed E-state index contributed by atoms with van der Waals surface area (Å²) in [5.74, 6) is -0.829. The number of carbonyl (C=O) groups is 2. The average Bonchev–Trinajstić information content (AvgIpc) is 3.54. The molecule has 1 aliphatic rings. The number of alkyl carbamates (subject to hydrolysis) is 1. The summed E-state index contributed by atoms with van der Waals surface area (Å²) in [7, 11) is 0. The van der Waals surface area contributed by atoms with Crippen molar-refractivity contribution in [2.45, 2.75) is 38.5 Å². The normalized spacial score (nSPS) is 19.7. The molecule has 1 amide bonds. The quantitative estimate of drug-likeness (QED) is 0.635. The predicted octanol–water partition coefficient (Wildman–Crippen LogP) is 3.08. The third-order valence-electron chi connectivity index (χ3n) is 5.09. The van der Waals surface area contributed by atoms with Crippen molar-refractivity contribution in [3.8, 4) is 0 Å². The topological polar surface area (TPSA) is 84.9 Å². The van der Waals surface area contributed by atoms with Gasteiger partial charge in [-0.1, -0.05) is 60.7 Å². The summed E-state index contributed by atoms with van der Waals surface area (Å²) >= 11 is 0. The number of hydrogen-bond acceptors (Lipinski definition) is 5. The largest absolute Gasteiger partial charge is 0.466 e. The van der Waals surface area contributed by atoms with Gasteiger partial charge in [-0.3, -0.25) is 4.79 Å². The molecular weight excluding hydrogens is 370 g/mol. The molecule has 0 saturated heterocycles. The molecule has 2 N–H and O–H groups in total. The van der Waals surface area contributed by atoms with Gasteiger partial charge in [0.2, 0.25) is 0 Å². The van der Waals surface area contributed by atoms with Gasteiger partial charge in [-0.15, -0.1) is 0 Å². The van der Waals surface area contributed by atoms with Gasteiger partial charge in [0, 0.05) is 5.92 Å². The number of nitrogens with one attached hydrogen (secondary N) is 1. The van der Waals surface area contributed by atoms with Gasteiger partial charge in [0.25, 0.3) is 0 Å². The third kappa shape index (κ3) is 6.06. The molecule has 2 aromatic rings. The molecular formula is C23H27NO5. The minimum Gasteiger partial charge on any atom is -0.466 e. The number of rotatable bonds is 9. The summed E-state index contributed by atoms with van der Waals surface area (Å²) in [6.07, 6.45) is -0.461. The molecule has 2 aromatic carbocycles. The number of carbonyl (C=O) groups excluding carboxylic acids is 2. The van der Waals surface area contributed by atoms with Crippen molar-refractivity contribution in [3.05, 3.63) is 71.8 Å². The van der Waals surface area contributed by atoms with Crippen molar-refractivity contribution in [2.75, 3.05) is 6.61 Å². The van der Waals surface area contributed by atoms with Gasteiger partial charge >= 0.3 is 12.1 Å². The first-order valence-electron chi connectivity index (χ1n) is 9.94. The molecule has 3 rings (SSSR count). The van der Waals surface area contributed by atoms with E-state index in [1.807, 2.05) is 60.7 Å². The zero-order valence-corrected chi connectivity index (χ0v) is 16.5. The molecule has 0 heterocycles. The summed E-state index contributed by atoms with van der Waals surface area (Å²) in [6, 6.07) is 18.4. The smallest absolute Gasteiger partial charge is 0.407 e. The Kier molecular flexibility index (Phi) is 7.25.